The molecule has 1 aromatic heterocycles. The minimum Gasteiger partial charge on any atom is -0.472 e. The van der Waals surface area contributed by atoms with Crippen LogP contribution in [-0.4, -0.2) is 76.8 Å². The molecule has 0 aliphatic carbocycles. The molecule has 3 amide bonds. The Labute approximate surface area is 213 Å². The largest absolute Gasteiger partial charge is 0.472 e. The van der Waals surface area contributed by atoms with Gasteiger partial charge in [-0.2, -0.15) is 0 Å². The molecule has 0 saturated heterocycles. The number of benzene rings is 1. The number of nitrogens with one attached hydrogen (secondary N) is 1. The van der Waals surface area contributed by atoms with Crippen molar-refractivity contribution in [2.45, 2.75) is 52.3 Å². The van der Waals surface area contributed by atoms with Crippen molar-refractivity contribution in [3.8, 4) is 17.7 Å². The molecule has 0 bridgehead atoms. The van der Waals surface area contributed by atoms with E-state index < -0.39 is 6.10 Å². The number of rotatable bonds is 6. The maximum atomic E-state index is 13.5. The Morgan fingerprint density at radius 2 is 2.03 bits per heavy atom. The Kier molecular flexibility index (Phi) is 9.31. The molecule has 3 rings (SSSR count). The normalized spacial score (nSPS) is 18.2. The number of fused-ring (bicyclic) bond motifs is 1. The molecule has 8 nitrogen and oxygen atoms in total. The van der Waals surface area contributed by atoms with Gasteiger partial charge in [-0.25, -0.2) is 9.78 Å². The molecule has 1 aliphatic rings. The highest BCUT2D eigenvalue weighted by molar-refractivity contribution is 5.97. The third kappa shape index (κ3) is 6.98. The summed E-state index contributed by atoms with van der Waals surface area (Å²) >= 11 is 0. The van der Waals surface area contributed by atoms with Gasteiger partial charge in [-0.3, -0.25) is 4.79 Å². The fraction of sp³-hybridized carbons (Fsp3) is 0.464. The van der Waals surface area contributed by atoms with E-state index in [9.17, 15) is 14.7 Å². The van der Waals surface area contributed by atoms with Crippen LogP contribution in [0.2, 0.25) is 0 Å². The van der Waals surface area contributed by atoms with E-state index in [0.717, 1.165) is 5.56 Å². The maximum absolute atomic E-state index is 13.5. The van der Waals surface area contributed by atoms with Gasteiger partial charge in [0.1, 0.15) is 11.7 Å². The van der Waals surface area contributed by atoms with E-state index in [1.807, 2.05) is 51.1 Å². The number of pyridine rings is 1. The third-order valence-corrected chi connectivity index (χ3v) is 6.10. The summed E-state index contributed by atoms with van der Waals surface area (Å²) < 4.78 is 6.24. The molecule has 3 atom stereocenters. The molecule has 0 fully saturated rings. The smallest absolute Gasteiger partial charge is 0.317 e. The summed E-state index contributed by atoms with van der Waals surface area (Å²) in [5.74, 6) is 6.06. The van der Waals surface area contributed by atoms with Crippen LogP contribution in [0.1, 0.15) is 49.2 Å². The van der Waals surface area contributed by atoms with Gasteiger partial charge in [-0.05, 0) is 32.4 Å². The number of urea groups is 1. The first-order chi connectivity index (χ1) is 17.2. The van der Waals surface area contributed by atoms with Crippen molar-refractivity contribution in [3.63, 3.8) is 0 Å². The zero-order valence-electron chi connectivity index (χ0n) is 21.7. The molecule has 0 saturated carbocycles. The van der Waals surface area contributed by atoms with Gasteiger partial charge < -0.3 is 25.0 Å². The van der Waals surface area contributed by atoms with Gasteiger partial charge in [0.2, 0.25) is 5.88 Å². The molecule has 2 N–H and O–H groups in total. The van der Waals surface area contributed by atoms with E-state index in [-0.39, 0.29) is 42.4 Å². The van der Waals surface area contributed by atoms with Crippen LogP contribution in [0.3, 0.4) is 0 Å². The summed E-state index contributed by atoms with van der Waals surface area (Å²) in [6, 6.07) is 11.1. The Balaban J connectivity index is 1.90. The average molecular weight is 493 g/mol. The van der Waals surface area contributed by atoms with Crippen LogP contribution in [0.25, 0.3) is 0 Å². The predicted octanol–water partition coefficient (Wildman–Crippen LogP) is 2.95. The van der Waals surface area contributed by atoms with Crippen LogP contribution in [0.15, 0.2) is 42.6 Å². The van der Waals surface area contributed by atoms with Crippen LogP contribution in [0.4, 0.5) is 4.79 Å². The number of carbonyl (C=O) groups is 2. The van der Waals surface area contributed by atoms with E-state index >= 15 is 0 Å². The average Bonchev–Trinajstić information content (AvgIpc) is 2.86. The van der Waals surface area contributed by atoms with E-state index in [0.29, 0.717) is 30.6 Å². The van der Waals surface area contributed by atoms with Crippen LogP contribution in [-0.2, 0) is 6.42 Å². The number of aromatic nitrogens is 1. The van der Waals surface area contributed by atoms with Crippen LogP contribution in [0.5, 0.6) is 5.88 Å². The van der Waals surface area contributed by atoms with Crippen molar-refractivity contribution in [2.75, 3.05) is 26.7 Å². The lowest BCUT2D eigenvalue weighted by atomic mass is 10.00. The second kappa shape index (κ2) is 12.4. The number of nitrogens with zero attached hydrogens (tertiary/aromatic N) is 3. The molecule has 0 spiro atoms. The summed E-state index contributed by atoms with van der Waals surface area (Å²) in [6.45, 7) is 8.10. The molecule has 0 radical (unpaired) electrons. The van der Waals surface area contributed by atoms with Crippen LogP contribution >= 0.6 is 0 Å². The number of hydrogen-bond acceptors (Lipinski definition) is 5. The molecule has 8 heteroatoms. The van der Waals surface area contributed by atoms with Gasteiger partial charge in [-0.1, -0.05) is 49.1 Å². The Morgan fingerprint density at radius 3 is 2.69 bits per heavy atom. The number of aliphatic hydroxyl groups is 1. The monoisotopic (exact) mass is 492 g/mol. The number of ether oxygens (including phenoxy) is 1. The lowest BCUT2D eigenvalue weighted by Crippen LogP contribution is -2.51. The second-order valence-electron chi connectivity index (χ2n) is 9.65. The fourth-order valence-corrected chi connectivity index (χ4v) is 3.94. The fourth-order valence-electron chi connectivity index (χ4n) is 3.94. The minimum absolute atomic E-state index is 0.0120. The lowest BCUT2D eigenvalue weighted by molar-refractivity contribution is 0.0351. The van der Waals surface area contributed by atoms with Gasteiger partial charge >= 0.3 is 6.03 Å². The molecular weight excluding hydrogens is 456 g/mol. The van der Waals surface area contributed by atoms with E-state index in [1.165, 1.54) is 0 Å². The van der Waals surface area contributed by atoms with Crippen molar-refractivity contribution in [1.82, 2.24) is 20.1 Å². The number of aliphatic hydroxyl groups excluding tert-OH is 1. The lowest BCUT2D eigenvalue weighted by Gasteiger charge is -2.37. The highest BCUT2D eigenvalue weighted by Gasteiger charge is 2.34. The van der Waals surface area contributed by atoms with Crippen LogP contribution < -0.4 is 10.1 Å². The highest BCUT2D eigenvalue weighted by Crippen LogP contribution is 2.27. The van der Waals surface area contributed by atoms with E-state index in [4.69, 9.17) is 4.74 Å². The van der Waals surface area contributed by atoms with Gasteiger partial charge in [0, 0.05) is 43.7 Å². The molecule has 0 unspecified atom stereocenters. The molecule has 1 aliphatic heterocycles. The standard InChI is InChI=1S/C28H36N4O4/c1-19(2)30-28(35)31(5)17-25-20(3)16-32(21(4)18-33)27(34)24-14-23(15-29-26(24)36-25)13-9-12-22-10-7-6-8-11-22/h6-8,10-11,14-15,19-21,25,33H,12,16-18H2,1-5H3,(H,30,35)/t20-,21-,25+/m1/s1. The van der Waals surface area contributed by atoms with Gasteiger partial charge in [-0.15, -0.1) is 0 Å². The molecular formula is C28H36N4O4. The number of hydrogen-bond donors (Lipinski definition) is 2. The first-order valence-electron chi connectivity index (χ1n) is 12.3. The van der Waals surface area contributed by atoms with Crippen molar-refractivity contribution >= 4 is 11.9 Å². The van der Waals surface area contributed by atoms with E-state index in [1.54, 1.807) is 36.0 Å². The topological polar surface area (TPSA) is 95.0 Å². The molecule has 1 aromatic carbocycles. The molecule has 2 heterocycles. The Hall–Kier alpha value is -3.57. The number of likely N-dealkylation sites (N-methyl/N-ethyl adjacent to an activating group) is 1. The zero-order valence-corrected chi connectivity index (χ0v) is 21.7. The second-order valence-corrected chi connectivity index (χ2v) is 9.65. The Bertz CT molecular complexity index is 1110. The number of amides is 3. The molecule has 192 valence electrons. The third-order valence-electron chi connectivity index (χ3n) is 6.10. The summed E-state index contributed by atoms with van der Waals surface area (Å²) in [5.41, 5.74) is 2.01. The summed E-state index contributed by atoms with van der Waals surface area (Å²) in [7, 11) is 1.71. The summed E-state index contributed by atoms with van der Waals surface area (Å²) in [6.07, 6.45) is 1.78. The van der Waals surface area contributed by atoms with Gasteiger partial charge in [0.25, 0.3) is 5.91 Å². The first-order valence-corrected chi connectivity index (χ1v) is 12.3. The maximum Gasteiger partial charge on any atom is 0.317 e. The Morgan fingerprint density at radius 1 is 1.31 bits per heavy atom. The molecule has 36 heavy (non-hydrogen) atoms. The van der Waals surface area contributed by atoms with Gasteiger partial charge in [0.05, 0.1) is 19.2 Å². The van der Waals surface area contributed by atoms with Crippen molar-refractivity contribution < 1.29 is 19.4 Å². The van der Waals surface area contributed by atoms with Gasteiger partial charge in [0.15, 0.2) is 0 Å². The SMILES string of the molecule is CC(C)NC(=O)N(C)C[C@@H]1Oc2ncc(C#CCc3ccccc3)cc2C(=O)N([C@H](C)CO)C[C@H]1C. The summed E-state index contributed by atoms with van der Waals surface area (Å²) in [5, 5.41) is 12.7. The van der Waals surface area contributed by atoms with Crippen molar-refractivity contribution in [2.24, 2.45) is 5.92 Å². The van der Waals surface area contributed by atoms with E-state index in [2.05, 4.69) is 22.1 Å². The summed E-state index contributed by atoms with van der Waals surface area (Å²) in [4.78, 5) is 33.7. The van der Waals surface area contributed by atoms with Crippen LogP contribution in [0, 0.1) is 17.8 Å². The zero-order chi connectivity index (χ0) is 26.2. The predicted molar refractivity (Wildman–Crippen MR) is 139 cm³/mol. The minimum atomic E-state index is -0.407. The van der Waals surface area contributed by atoms with Crippen molar-refractivity contribution in [3.05, 3.63) is 59.3 Å². The van der Waals surface area contributed by atoms with Crippen molar-refractivity contribution in [1.29, 1.82) is 0 Å². The first kappa shape index (κ1) is 27.0. The quantitative estimate of drug-likeness (QED) is 0.605. The highest BCUT2D eigenvalue weighted by atomic mass is 16.5. The number of carbonyl (C=O) groups excluding carboxylic acids is 2. The molecule has 2 aromatic rings.